The minimum Gasteiger partial charge on any atom is -0.489 e. The molecule has 136 valence electrons. The van der Waals surface area contributed by atoms with Gasteiger partial charge in [0.1, 0.15) is 12.4 Å². The highest BCUT2D eigenvalue weighted by Gasteiger charge is 2.02. The largest absolute Gasteiger partial charge is 0.489 e. The SMILES string of the molecule is N#Cc1ccccc1COc1ccc(/C=N/Nc2nc3ccccc3[nH]2)cc1. The first-order valence-electron chi connectivity index (χ1n) is 8.76. The lowest BCUT2D eigenvalue weighted by molar-refractivity contribution is 0.306. The number of nitrogens with one attached hydrogen (secondary N) is 2. The Morgan fingerprint density at radius 1 is 1.04 bits per heavy atom. The molecule has 6 heteroatoms. The molecule has 0 radical (unpaired) electrons. The molecule has 0 aliphatic heterocycles. The van der Waals surface area contributed by atoms with Crippen LogP contribution in [-0.4, -0.2) is 16.2 Å². The minimum atomic E-state index is 0.352. The van der Waals surface area contributed by atoms with E-state index in [-0.39, 0.29) is 0 Å². The number of benzene rings is 3. The smallest absolute Gasteiger partial charge is 0.222 e. The standard InChI is InChI=1S/C22H17N5O/c23-13-17-5-1-2-6-18(17)15-28-19-11-9-16(10-12-19)14-24-27-22-25-20-7-3-4-8-21(20)26-22/h1-12,14H,15H2,(H2,25,26,27)/b24-14+. The van der Waals surface area contributed by atoms with E-state index >= 15 is 0 Å². The van der Waals surface area contributed by atoms with Crippen molar-refractivity contribution < 1.29 is 4.74 Å². The van der Waals surface area contributed by atoms with Crippen LogP contribution in [-0.2, 0) is 6.61 Å². The summed E-state index contributed by atoms with van der Waals surface area (Å²) in [5.41, 5.74) is 7.16. The van der Waals surface area contributed by atoms with E-state index in [9.17, 15) is 0 Å². The van der Waals surface area contributed by atoms with Gasteiger partial charge in [0.15, 0.2) is 0 Å². The zero-order valence-corrected chi connectivity index (χ0v) is 15.0. The van der Waals surface area contributed by atoms with E-state index in [1.807, 2.05) is 66.7 Å². The zero-order chi connectivity index (χ0) is 19.2. The second kappa shape index (κ2) is 8.06. The Kier molecular flexibility index (Phi) is 4.98. The van der Waals surface area contributed by atoms with Crippen LogP contribution in [0.1, 0.15) is 16.7 Å². The van der Waals surface area contributed by atoms with Gasteiger partial charge in [0.05, 0.1) is 28.9 Å². The summed E-state index contributed by atoms with van der Waals surface area (Å²) < 4.78 is 5.77. The highest BCUT2D eigenvalue weighted by molar-refractivity contribution is 5.81. The Hall–Kier alpha value is -4.11. The number of ether oxygens (including phenoxy) is 1. The Balaban J connectivity index is 1.35. The van der Waals surface area contributed by atoms with Crippen LogP contribution in [0, 0.1) is 11.3 Å². The molecule has 0 saturated carbocycles. The van der Waals surface area contributed by atoms with Crippen molar-refractivity contribution in [2.75, 3.05) is 5.43 Å². The number of nitriles is 1. The number of anilines is 1. The molecule has 1 aromatic heterocycles. The molecule has 0 bridgehead atoms. The maximum atomic E-state index is 9.13. The summed E-state index contributed by atoms with van der Waals surface area (Å²) in [5.74, 6) is 1.32. The van der Waals surface area contributed by atoms with Gasteiger partial charge in [-0.15, -0.1) is 0 Å². The summed E-state index contributed by atoms with van der Waals surface area (Å²) in [6, 6.07) is 25.0. The minimum absolute atomic E-state index is 0.352. The molecule has 0 aliphatic carbocycles. The number of hydrogen-bond donors (Lipinski definition) is 2. The van der Waals surface area contributed by atoms with E-state index in [0.29, 0.717) is 18.1 Å². The molecule has 2 N–H and O–H groups in total. The van der Waals surface area contributed by atoms with Crippen molar-refractivity contribution in [2.24, 2.45) is 5.10 Å². The molecule has 0 fully saturated rings. The van der Waals surface area contributed by atoms with Crippen molar-refractivity contribution in [1.82, 2.24) is 9.97 Å². The number of H-pyrrole nitrogens is 1. The molecule has 0 amide bonds. The number of para-hydroxylation sites is 2. The second-order valence-corrected chi connectivity index (χ2v) is 6.10. The number of aromatic nitrogens is 2. The van der Waals surface area contributed by atoms with Gasteiger partial charge in [0, 0.05) is 5.56 Å². The van der Waals surface area contributed by atoms with Crippen LogP contribution >= 0.6 is 0 Å². The van der Waals surface area contributed by atoms with Crippen LogP contribution in [0.25, 0.3) is 11.0 Å². The molecule has 1 heterocycles. The maximum absolute atomic E-state index is 9.13. The normalized spacial score (nSPS) is 10.8. The fourth-order valence-corrected chi connectivity index (χ4v) is 2.74. The molecule has 4 rings (SSSR count). The van der Waals surface area contributed by atoms with Gasteiger partial charge >= 0.3 is 0 Å². The molecule has 6 nitrogen and oxygen atoms in total. The Labute approximate surface area is 162 Å². The molecule has 28 heavy (non-hydrogen) atoms. The van der Waals surface area contributed by atoms with Gasteiger partial charge in [-0.1, -0.05) is 30.3 Å². The monoisotopic (exact) mass is 367 g/mol. The highest BCUT2D eigenvalue weighted by Crippen LogP contribution is 2.16. The number of hydrogen-bond acceptors (Lipinski definition) is 5. The summed E-state index contributed by atoms with van der Waals surface area (Å²) in [6.45, 7) is 0.352. The fraction of sp³-hybridized carbons (Fsp3) is 0.0455. The molecule has 0 atom stereocenters. The maximum Gasteiger partial charge on any atom is 0.222 e. The van der Waals surface area contributed by atoms with Crippen molar-refractivity contribution in [3.05, 3.63) is 89.5 Å². The first kappa shape index (κ1) is 17.3. The van der Waals surface area contributed by atoms with E-state index in [2.05, 4.69) is 26.6 Å². The average Bonchev–Trinajstić information content (AvgIpc) is 3.16. The van der Waals surface area contributed by atoms with Crippen LogP contribution in [0.15, 0.2) is 77.9 Å². The van der Waals surface area contributed by atoms with E-state index in [4.69, 9.17) is 10.00 Å². The molecule has 0 unspecified atom stereocenters. The Bertz CT molecular complexity index is 1120. The molecular weight excluding hydrogens is 350 g/mol. The van der Waals surface area contributed by atoms with E-state index < -0.39 is 0 Å². The predicted octanol–water partition coefficient (Wildman–Crippen LogP) is 4.46. The van der Waals surface area contributed by atoms with Crippen molar-refractivity contribution in [3.63, 3.8) is 0 Å². The summed E-state index contributed by atoms with van der Waals surface area (Å²) in [6.07, 6.45) is 1.71. The Morgan fingerprint density at radius 3 is 2.64 bits per heavy atom. The number of fused-ring (bicyclic) bond motifs is 1. The molecule has 0 spiro atoms. The Morgan fingerprint density at radius 2 is 1.82 bits per heavy atom. The highest BCUT2D eigenvalue weighted by atomic mass is 16.5. The van der Waals surface area contributed by atoms with E-state index in [1.54, 1.807) is 12.3 Å². The summed E-state index contributed by atoms with van der Waals surface area (Å²) in [5, 5.41) is 13.3. The summed E-state index contributed by atoms with van der Waals surface area (Å²) in [4.78, 5) is 7.56. The summed E-state index contributed by atoms with van der Waals surface area (Å²) in [7, 11) is 0. The lowest BCUT2D eigenvalue weighted by Crippen LogP contribution is -1.98. The van der Waals surface area contributed by atoms with Gasteiger partial charge in [-0.2, -0.15) is 10.4 Å². The van der Waals surface area contributed by atoms with Gasteiger partial charge in [0.2, 0.25) is 5.95 Å². The third-order valence-corrected chi connectivity index (χ3v) is 4.19. The number of imidazole rings is 1. The quantitative estimate of drug-likeness (QED) is 0.389. The lowest BCUT2D eigenvalue weighted by Gasteiger charge is -2.07. The van der Waals surface area contributed by atoms with E-state index in [1.165, 1.54) is 0 Å². The van der Waals surface area contributed by atoms with Crippen molar-refractivity contribution >= 4 is 23.2 Å². The van der Waals surface area contributed by atoms with Gasteiger partial charge in [-0.25, -0.2) is 10.4 Å². The van der Waals surface area contributed by atoms with Gasteiger partial charge in [0.25, 0.3) is 0 Å². The number of aromatic amines is 1. The van der Waals surface area contributed by atoms with Gasteiger partial charge in [-0.05, 0) is 48.0 Å². The van der Waals surface area contributed by atoms with Gasteiger partial charge in [-0.3, -0.25) is 0 Å². The molecule has 3 aromatic carbocycles. The van der Waals surface area contributed by atoms with Crippen LogP contribution < -0.4 is 10.2 Å². The number of hydrazone groups is 1. The fourth-order valence-electron chi connectivity index (χ4n) is 2.74. The van der Waals surface area contributed by atoms with E-state index in [0.717, 1.165) is 27.9 Å². The first-order valence-corrected chi connectivity index (χ1v) is 8.76. The average molecular weight is 367 g/mol. The van der Waals surface area contributed by atoms with Crippen molar-refractivity contribution in [3.8, 4) is 11.8 Å². The number of rotatable bonds is 6. The molecule has 0 aliphatic rings. The van der Waals surface area contributed by atoms with Crippen LogP contribution in [0.5, 0.6) is 5.75 Å². The zero-order valence-electron chi connectivity index (χ0n) is 15.0. The lowest BCUT2D eigenvalue weighted by atomic mass is 10.1. The van der Waals surface area contributed by atoms with Crippen molar-refractivity contribution in [1.29, 1.82) is 5.26 Å². The molecule has 0 saturated heterocycles. The topological polar surface area (TPSA) is 86.1 Å². The van der Waals surface area contributed by atoms with Crippen LogP contribution in [0.3, 0.4) is 0 Å². The van der Waals surface area contributed by atoms with Gasteiger partial charge < -0.3 is 9.72 Å². The molecular formula is C22H17N5O. The van der Waals surface area contributed by atoms with Crippen LogP contribution in [0.4, 0.5) is 5.95 Å². The summed E-state index contributed by atoms with van der Waals surface area (Å²) >= 11 is 0. The molecule has 4 aromatic rings. The third kappa shape index (κ3) is 4.00. The third-order valence-electron chi connectivity index (χ3n) is 4.19. The second-order valence-electron chi connectivity index (χ2n) is 6.10. The first-order chi connectivity index (χ1) is 13.8. The predicted molar refractivity (Wildman–Crippen MR) is 109 cm³/mol. The van der Waals surface area contributed by atoms with Crippen LogP contribution in [0.2, 0.25) is 0 Å². The number of nitrogens with zero attached hydrogens (tertiary/aromatic N) is 3. The van der Waals surface area contributed by atoms with Crippen molar-refractivity contribution in [2.45, 2.75) is 6.61 Å².